The van der Waals surface area contributed by atoms with Gasteiger partial charge in [0.2, 0.25) is 0 Å². The van der Waals surface area contributed by atoms with Gasteiger partial charge in [-0.25, -0.2) is 0 Å². The molecule has 0 aliphatic carbocycles. The highest BCUT2D eigenvalue weighted by molar-refractivity contribution is 8.03. The summed E-state index contributed by atoms with van der Waals surface area (Å²) in [6.07, 6.45) is -1.50. The molecule has 0 unspecified atom stereocenters. The molecule has 0 radical (unpaired) electrons. The van der Waals surface area contributed by atoms with E-state index in [0.717, 1.165) is 30.6 Å². The summed E-state index contributed by atoms with van der Waals surface area (Å²) in [7, 11) is 0. The average molecular weight is 319 g/mol. The predicted molar refractivity (Wildman–Crippen MR) is 71.8 cm³/mol. The number of nitro groups is 1. The zero-order chi connectivity index (χ0) is 15.5. The fraction of sp³-hybridized carbons (Fsp3) is 0.417. The van der Waals surface area contributed by atoms with Gasteiger partial charge in [-0.2, -0.15) is 13.2 Å². The normalized spacial score (nSPS) is 18.0. The molecule has 9 heteroatoms. The first kappa shape index (κ1) is 15.6. The van der Waals surface area contributed by atoms with Gasteiger partial charge in [-0.1, -0.05) is 6.07 Å². The second-order valence-electron chi connectivity index (χ2n) is 4.43. The molecule has 0 aromatic carbocycles. The van der Waals surface area contributed by atoms with E-state index in [1.54, 1.807) is 4.90 Å². The Labute approximate surface area is 123 Å². The Morgan fingerprint density at radius 1 is 1.48 bits per heavy atom. The summed E-state index contributed by atoms with van der Waals surface area (Å²) in [5.41, 5.74) is -0.361. The zero-order valence-electron chi connectivity index (χ0n) is 10.8. The van der Waals surface area contributed by atoms with Crippen molar-refractivity contribution in [3.63, 3.8) is 0 Å². The van der Waals surface area contributed by atoms with Crippen LogP contribution in [0.2, 0.25) is 0 Å². The second-order valence-corrected chi connectivity index (χ2v) is 5.54. The number of alkyl halides is 3. The van der Waals surface area contributed by atoms with Crippen molar-refractivity contribution in [3.8, 4) is 0 Å². The summed E-state index contributed by atoms with van der Waals surface area (Å²) in [6, 6.07) is 2.27. The van der Waals surface area contributed by atoms with Crippen LogP contribution in [0.25, 0.3) is 0 Å². The fourth-order valence-electron chi connectivity index (χ4n) is 1.91. The van der Waals surface area contributed by atoms with Crippen molar-refractivity contribution in [2.75, 3.05) is 12.3 Å². The summed E-state index contributed by atoms with van der Waals surface area (Å²) in [5, 5.41) is 11.1. The Balaban J connectivity index is 2.11. The number of rotatable bonds is 3. The van der Waals surface area contributed by atoms with Gasteiger partial charge in [0.1, 0.15) is 10.7 Å². The molecule has 1 fully saturated rings. The van der Waals surface area contributed by atoms with E-state index in [2.05, 4.69) is 4.98 Å². The van der Waals surface area contributed by atoms with E-state index in [0.29, 0.717) is 23.7 Å². The Bertz CT molecular complexity index is 546. The number of halogens is 3. The first-order chi connectivity index (χ1) is 9.86. The van der Waals surface area contributed by atoms with Crippen LogP contribution < -0.4 is 0 Å². The van der Waals surface area contributed by atoms with Crippen molar-refractivity contribution >= 4 is 11.8 Å². The topological polar surface area (TPSA) is 59.3 Å². The molecule has 0 amide bonds. The lowest BCUT2D eigenvalue weighted by Crippen LogP contribution is -2.27. The quantitative estimate of drug-likeness (QED) is 0.633. The molecule has 2 heterocycles. The second kappa shape index (κ2) is 6.33. The van der Waals surface area contributed by atoms with Crippen LogP contribution in [-0.4, -0.2) is 27.1 Å². The van der Waals surface area contributed by atoms with Gasteiger partial charge in [0.15, 0.2) is 0 Å². The SMILES string of the molecule is O=[N+]([O-])/C=C1\SCCCN1Cc1ccc(C(F)(F)F)nc1. The van der Waals surface area contributed by atoms with Gasteiger partial charge in [0, 0.05) is 25.0 Å². The molecule has 2 rings (SSSR count). The molecule has 21 heavy (non-hydrogen) atoms. The highest BCUT2D eigenvalue weighted by Gasteiger charge is 2.32. The van der Waals surface area contributed by atoms with Gasteiger partial charge >= 0.3 is 6.18 Å². The maximum atomic E-state index is 12.4. The lowest BCUT2D eigenvalue weighted by atomic mass is 10.2. The molecule has 1 saturated heterocycles. The van der Waals surface area contributed by atoms with Gasteiger partial charge < -0.3 is 4.90 Å². The van der Waals surface area contributed by atoms with Crippen LogP contribution in [0.5, 0.6) is 0 Å². The third-order valence-corrected chi connectivity index (χ3v) is 3.99. The molecule has 0 saturated carbocycles. The molecule has 1 aromatic rings. The van der Waals surface area contributed by atoms with Gasteiger partial charge in [-0.05, 0) is 18.1 Å². The summed E-state index contributed by atoms with van der Waals surface area (Å²) in [5.74, 6) is 0.793. The summed E-state index contributed by atoms with van der Waals surface area (Å²) in [4.78, 5) is 15.2. The van der Waals surface area contributed by atoms with E-state index in [1.165, 1.54) is 17.8 Å². The molecule has 114 valence electrons. The van der Waals surface area contributed by atoms with Gasteiger partial charge in [0.25, 0.3) is 6.20 Å². The molecular weight excluding hydrogens is 307 g/mol. The van der Waals surface area contributed by atoms with Gasteiger partial charge in [0.05, 0.1) is 4.92 Å². The zero-order valence-corrected chi connectivity index (χ0v) is 11.7. The third-order valence-electron chi connectivity index (χ3n) is 2.84. The lowest BCUT2D eigenvalue weighted by Gasteiger charge is -2.29. The molecule has 5 nitrogen and oxygen atoms in total. The molecule has 1 aliphatic heterocycles. The van der Waals surface area contributed by atoms with Crippen molar-refractivity contribution in [1.29, 1.82) is 0 Å². The standard InChI is InChI=1S/C12H12F3N3O2S/c13-12(14,15)10-3-2-9(6-16-10)7-17-4-1-5-21-11(17)8-18(19)20/h2-3,6,8H,1,4-5,7H2/b11-8-. The number of aromatic nitrogens is 1. The van der Waals surface area contributed by atoms with Crippen molar-refractivity contribution in [1.82, 2.24) is 9.88 Å². The van der Waals surface area contributed by atoms with Gasteiger partial charge in [-0.15, -0.1) is 11.8 Å². The molecular formula is C12H12F3N3O2S. The third kappa shape index (κ3) is 4.35. The van der Waals surface area contributed by atoms with E-state index >= 15 is 0 Å². The molecule has 0 N–H and O–H groups in total. The first-order valence-electron chi connectivity index (χ1n) is 6.11. The van der Waals surface area contributed by atoms with Crippen LogP contribution in [0.3, 0.4) is 0 Å². The molecule has 0 spiro atoms. The highest BCUT2D eigenvalue weighted by atomic mass is 32.2. The van der Waals surface area contributed by atoms with Crippen LogP contribution in [0.4, 0.5) is 13.2 Å². The summed E-state index contributed by atoms with van der Waals surface area (Å²) >= 11 is 1.37. The fourth-order valence-corrected chi connectivity index (χ4v) is 2.89. The largest absolute Gasteiger partial charge is 0.433 e. The molecule has 1 aromatic heterocycles. The van der Waals surface area contributed by atoms with E-state index in [1.807, 2.05) is 0 Å². The number of thioether (sulfide) groups is 1. The van der Waals surface area contributed by atoms with Crippen LogP contribution >= 0.6 is 11.8 Å². The van der Waals surface area contributed by atoms with Crippen LogP contribution in [-0.2, 0) is 12.7 Å². The summed E-state index contributed by atoms with van der Waals surface area (Å²) in [6.45, 7) is 0.936. The minimum Gasteiger partial charge on any atom is -0.357 e. The average Bonchev–Trinajstić information content (AvgIpc) is 2.40. The Hall–Kier alpha value is -1.77. The van der Waals surface area contributed by atoms with Crippen molar-refractivity contribution in [2.24, 2.45) is 0 Å². The number of hydrogen-bond acceptors (Lipinski definition) is 5. The van der Waals surface area contributed by atoms with Crippen LogP contribution in [0.15, 0.2) is 29.6 Å². The smallest absolute Gasteiger partial charge is 0.357 e. The van der Waals surface area contributed by atoms with E-state index in [9.17, 15) is 23.3 Å². The Morgan fingerprint density at radius 2 is 2.24 bits per heavy atom. The Morgan fingerprint density at radius 3 is 2.81 bits per heavy atom. The minimum atomic E-state index is -4.46. The molecule has 1 aliphatic rings. The van der Waals surface area contributed by atoms with Crippen molar-refractivity contribution < 1.29 is 18.1 Å². The van der Waals surface area contributed by atoms with E-state index in [4.69, 9.17) is 0 Å². The first-order valence-corrected chi connectivity index (χ1v) is 7.10. The van der Waals surface area contributed by atoms with E-state index in [-0.39, 0.29) is 0 Å². The highest BCUT2D eigenvalue weighted by Crippen LogP contribution is 2.30. The van der Waals surface area contributed by atoms with Gasteiger partial charge in [-0.3, -0.25) is 15.1 Å². The Kier molecular flexibility index (Phi) is 4.71. The summed E-state index contributed by atoms with van der Waals surface area (Å²) < 4.78 is 37.3. The van der Waals surface area contributed by atoms with Crippen molar-refractivity contribution in [2.45, 2.75) is 19.1 Å². The minimum absolute atomic E-state index is 0.303. The van der Waals surface area contributed by atoms with Crippen LogP contribution in [0.1, 0.15) is 17.7 Å². The number of pyridine rings is 1. The predicted octanol–water partition coefficient (Wildman–Crippen LogP) is 3.11. The maximum absolute atomic E-state index is 12.4. The van der Waals surface area contributed by atoms with E-state index < -0.39 is 16.8 Å². The number of hydrogen-bond donors (Lipinski definition) is 0. The number of nitrogens with zero attached hydrogens (tertiary/aromatic N) is 3. The van der Waals surface area contributed by atoms with Crippen molar-refractivity contribution in [3.05, 3.63) is 50.9 Å². The van der Waals surface area contributed by atoms with Crippen LogP contribution in [0, 0.1) is 10.1 Å². The molecule has 0 bridgehead atoms. The monoisotopic (exact) mass is 319 g/mol. The maximum Gasteiger partial charge on any atom is 0.433 e. The molecule has 0 atom stereocenters. The lowest BCUT2D eigenvalue weighted by molar-refractivity contribution is -0.403.